The van der Waals surface area contributed by atoms with Crippen LogP contribution >= 0.6 is 0 Å². The van der Waals surface area contributed by atoms with Gasteiger partial charge in [-0.15, -0.1) is 0 Å². The Balaban J connectivity index is 1.90. The summed E-state index contributed by atoms with van der Waals surface area (Å²) in [6.45, 7) is 0. The first-order valence-electron chi connectivity index (χ1n) is 6.28. The molecule has 0 spiro atoms. The highest BCUT2D eigenvalue weighted by molar-refractivity contribution is 5.82. The van der Waals surface area contributed by atoms with Gasteiger partial charge in [-0.05, 0) is 37.0 Å². The molecule has 19 heavy (non-hydrogen) atoms. The van der Waals surface area contributed by atoms with E-state index < -0.39 is 6.04 Å². The second-order valence-corrected chi connectivity index (χ2v) is 4.78. The number of nitrogens with two attached hydrogens (primary N) is 1. The monoisotopic (exact) mass is 262 g/mol. The molecular formula is C14H18N2O3. The van der Waals surface area contributed by atoms with Crippen LogP contribution in [-0.2, 0) is 11.2 Å². The van der Waals surface area contributed by atoms with Crippen LogP contribution in [0.5, 0.6) is 11.5 Å². The Hall–Kier alpha value is -2.01. The number of benzene rings is 1. The standard InChI is InChI=1S/C14H18N2O3/c15-11(14(19)16-10-3-1-2-4-10)7-9-5-6-12(17)13(18)8-9/h1-2,5-6,8,10-11,17-18H,3-4,7,15H2,(H,16,19)/t11-/m0/s1. The molecule has 0 fully saturated rings. The Morgan fingerprint density at radius 1 is 1.32 bits per heavy atom. The molecule has 0 radical (unpaired) electrons. The lowest BCUT2D eigenvalue weighted by Gasteiger charge is -2.16. The summed E-state index contributed by atoms with van der Waals surface area (Å²) in [5.74, 6) is -0.579. The zero-order valence-electron chi connectivity index (χ0n) is 10.5. The van der Waals surface area contributed by atoms with Crippen molar-refractivity contribution in [3.8, 4) is 11.5 Å². The first-order valence-corrected chi connectivity index (χ1v) is 6.28. The lowest BCUT2D eigenvalue weighted by molar-refractivity contribution is -0.122. The zero-order chi connectivity index (χ0) is 13.8. The average Bonchev–Trinajstić information content (AvgIpc) is 2.86. The summed E-state index contributed by atoms with van der Waals surface area (Å²) in [6, 6.07) is 3.92. The van der Waals surface area contributed by atoms with Crippen LogP contribution in [0.4, 0.5) is 0 Å². The van der Waals surface area contributed by atoms with Gasteiger partial charge >= 0.3 is 0 Å². The number of amides is 1. The molecule has 0 saturated heterocycles. The zero-order valence-corrected chi connectivity index (χ0v) is 10.5. The van der Waals surface area contributed by atoms with Crippen LogP contribution in [0.15, 0.2) is 30.4 Å². The number of carbonyl (C=O) groups is 1. The summed E-state index contributed by atoms with van der Waals surface area (Å²) in [5, 5.41) is 21.5. The van der Waals surface area contributed by atoms with Crippen LogP contribution in [0.2, 0.25) is 0 Å². The van der Waals surface area contributed by atoms with Gasteiger partial charge in [-0.1, -0.05) is 18.2 Å². The minimum Gasteiger partial charge on any atom is -0.504 e. The lowest BCUT2D eigenvalue weighted by Crippen LogP contribution is -2.45. The minimum absolute atomic E-state index is 0.145. The van der Waals surface area contributed by atoms with E-state index in [1.807, 2.05) is 12.2 Å². The number of hydrogen-bond acceptors (Lipinski definition) is 4. The maximum Gasteiger partial charge on any atom is 0.237 e. The van der Waals surface area contributed by atoms with Gasteiger partial charge in [0.1, 0.15) is 0 Å². The molecule has 5 heteroatoms. The number of nitrogens with one attached hydrogen (secondary N) is 1. The highest BCUT2D eigenvalue weighted by atomic mass is 16.3. The predicted octanol–water partition coefficient (Wildman–Crippen LogP) is 0.802. The highest BCUT2D eigenvalue weighted by Gasteiger charge is 2.19. The van der Waals surface area contributed by atoms with Crippen LogP contribution in [0.1, 0.15) is 18.4 Å². The minimum atomic E-state index is -0.662. The number of rotatable bonds is 4. The van der Waals surface area contributed by atoms with E-state index in [2.05, 4.69) is 5.32 Å². The van der Waals surface area contributed by atoms with E-state index in [0.717, 1.165) is 12.8 Å². The van der Waals surface area contributed by atoms with Crippen LogP contribution < -0.4 is 11.1 Å². The number of phenols is 2. The molecule has 0 heterocycles. The van der Waals surface area contributed by atoms with Crippen molar-refractivity contribution in [3.05, 3.63) is 35.9 Å². The second-order valence-electron chi connectivity index (χ2n) is 4.78. The summed E-state index contributed by atoms with van der Waals surface area (Å²) in [7, 11) is 0. The number of carbonyl (C=O) groups excluding carboxylic acids is 1. The van der Waals surface area contributed by atoms with Gasteiger partial charge in [0.15, 0.2) is 11.5 Å². The first kappa shape index (κ1) is 13.4. The van der Waals surface area contributed by atoms with Crippen molar-refractivity contribution in [1.29, 1.82) is 0 Å². The van der Waals surface area contributed by atoms with Crippen LogP contribution in [0.25, 0.3) is 0 Å². The Bertz CT molecular complexity index is 491. The lowest BCUT2D eigenvalue weighted by atomic mass is 10.0. The van der Waals surface area contributed by atoms with Gasteiger partial charge in [-0.2, -0.15) is 0 Å². The molecular weight excluding hydrogens is 244 g/mol. The molecule has 1 aromatic rings. The van der Waals surface area contributed by atoms with E-state index in [4.69, 9.17) is 5.73 Å². The average molecular weight is 262 g/mol. The molecule has 2 rings (SSSR count). The van der Waals surface area contributed by atoms with Crippen molar-refractivity contribution in [3.63, 3.8) is 0 Å². The molecule has 1 aliphatic carbocycles. The molecule has 1 aliphatic rings. The van der Waals surface area contributed by atoms with E-state index >= 15 is 0 Å². The SMILES string of the molecule is N[C@@H](Cc1ccc(O)c(O)c1)C(=O)NC1CC=CC1. The normalized spacial score (nSPS) is 16.5. The fourth-order valence-corrected chi connectivity index (χ4v) is 2.09. The molecule has 5 N–H and O–H groups in total. The van der Waals surface area contributed by atoms with Gasteiger partial charge in [-0.25, -0.2) is 0 Å². The molecule has 1 amide bonds. The fourth-order valence-electron chi connectivity index (χ4n) is 2.09. The van der Waals surface area contributed by atoms with E-state index in [1.165, 1.54) is 12.1 Å². The summed E-state index contributed by atoms with van der Waals surface area (Å²) < 4.78 is 0. The molecule has 102 valence electrons. The first-order chi connectivity index (χ1) is 9.06. The Labute approximate surface area is 111 Å². The smallest absolute Gasteiger partial charge is 0.237 e. The molecule has 0 saturated carbocycles. The van der Waals surface area contributed by atoms with Gasteiger partial charge in [0.2, 0.25) is 5.91 Å². The summed E-state index contributed by atoms with van der Waals surface area (Å²) in [5.41, 5.74) is 6.55. The van der Waals surface area contributed by atoms with Gasteiger partial charge < -0.3 is 21.3 Å². The van der Waals surface area contributed by atoms with E-state index in [1.54, 1.807) is 6.07 Å². The molecule has 1 aromatic carbocycles. The highest BCUT2D eigenvalue weighted by Crippen LogP contribution is 2.25. The van der Waals surface area contributed by atoms with E-state index in [9.17, 15) is 15.0 Å². The van der Waals surface area contributed by atoms with Crippen LogP contribution in [-0.4, -0.2) is 28.2 Å². The number of hydrogen-bond donors (Lipinski definition) is 4. The third kappa shape index (κ3) is 3.48. The Morgan fingerprint density at radius 3 is 2.63 bits per heavy atom. The maximum absolute atomic E-state index is 11.9. The topological polar surface area (TPSA) is 95.6 Å². The maximum atomic E-state index is 11.9. The third-order valence-corrected chi connectivity index (χ3v) is 3.19. The van der Waals surface area contributed by atoms with Crippen molar-refractivity contribution < 1.29 is 15.0 Å². The summed E-state index contributed by atoms with van der Waals surface area (Å²) >= 11 is 0. The summed E-state index contributed by atoms with van der Waals surface area (Å²) in [6.07, 6.45) is 6.08. The van der Waals surface area contributed by atoms with Crippen LogP contribution in [0, 0.1) is 0 Å². The predicted molar refractivity (Wildman–Crippen MR) is 71.8 cm³/mol. The van der Waals surface area contributed by atoms with E-state index in [-0.39, 0.29) is 23.4 Å². The second kappa shape index (κ2) is 5.75. The van der Waals surface area contributed by atoms with Gasteiger partial charge in [0, 0.05) is 6.04 Å². The van der Waals surface area contributed by atoms with Crippen molar-refractivity contribution in [2.24, 2.45) is 5.73 Å². The third-order valence-electron chi connectivity index (χ3n) is 3.19. The quantitative estimate of drug-likeness (QED) is 0.477. The molecule has 0 unspecified atom stereocenters. The molecule has 0 bridgehead atoms. The number of aromatic hydroxyl groups is 2. The molecule has 1 atom stereocenters. The van der Waals surface area contributed by atoms with Gasteiger partial charge in [-0.3, -0.25) is 4.79 Å². The fraction of sp³-hybridized carbons (Fsp3) is 0.357. The van der Waals surface area contributed by atoms with Gasteiger partial charge in [0.25, 0.3) is 0 Å². The number of phenolic OH excluding ortho intramolecular Hbond substituents is 2. The van der Waals surface area contributed by atoms with E-state index in [0.29, 0.717) is 12.0 Å². The van der Waals surface area contributed by atoms with Crippen molar-refractivity contribution in [1.82, 2.24) is 5.32 Å². The van der Waals surface area contributed by atoms with Crippen LogP contribution in [0.3, 0.4) is 0 Å². The van der Waals surface area contributed by atoms with Crippen molar-refractivity contribution in [2.75, 3.05) is 0 Å². The van der Waals surface area contributed by atoms with Crippen molar-refractivity contribution >= 4 is 5.91 Å². The summed E-state index contributed by atoms with van der Waals surface area (Å²) in [4.78, 5) is 11.9. The molecule has 0 aromatic heterocycles. The Morgan fingerprint density at radius 2 is 2.00 bits per heavy atom. The molecule has 5 nitrogen and oxygen atoms in total. The van der Waals surface area contributed by atoms with Crippen molar-refractivity contribution in [2.45, 2.75) is 31.3 Å². The Kier molecular flexibility index (Phi) is 4.06. The largest absolute Gasteiger partial charge is 0.504 e. The molecule has 0 aliphatic heterocycles. The van der Waals surface area contributed by atoms with Gasteiger partial charge in [0.05, 0.1) is 6.04 Å².